The summed E-state index contributed by atoms with van der Waals surface area (Å²) in [7, 11) is 0. The quantitative estimate of drug-likeness (QED) is 0.362. The summed E-state index contributed by atoms with van der Waals surface area (Å²) in [5, 5.41) is 0. The van der Waals surface area contributed by atoms with Gasteiger partial charge in [-0.25, -0.2) is 0 Å². The van der Waals surface area contributed by atoms with Crippen LogP contribution in [0.4, 0.5) is 0 Å². The van der Waals surface area contributed by atoms with Gasteiger partial charge in [0, 0.05) is 0 Å². The van der Waals surface area contributed by atoms with Gasteiger partial charge in [0.15, 0.2) is 0 Å². The molecule has 0 amide bonds. The Morgan fingerprint density at radius 3 is 2.22 bits per heavy atom. The molecule has 0 spiro atoms. The van der Waals surface area contributed by atoms with Crippen molar-refractivity contribution in [3.63, 3.8) is 0 Å². The molecule has 2 aliphatic rings. The van der Waals surface area contributed by atoms with Crippen LogP contribution >= 0.6 is 0 Å². The Balaban J connectivity index is 1.46. The Bertz CT molecular complexity index is 535. The van der Waals surface area contributed by atoms with Crippen LogP contribution in [-0.2, 0) is 12.8 Å². The van der Waals surface area contributed by atoms with E-state index in [0.29, 0.717) is 0 Å². The molecule has 1 unspecified atom stereocenters. The number of hydrogen-bond donors (Lipinski definition) is 0. The van der Waals surface area contributed by atoms with Crippen molar-refractivity contribution in [2.24, 2.45) is 11.8 Å². The van der Waals surface area contributed by atoms with Crippen LogP contribution in [0.25, 0.3) is 0 Å². The number of hydrogen-bond acceptors (Lipinski definition) is 0. The van der Waals surface area contributed by atoms with E-state index in [1.165, 1.54) is 103 Å². The molecule has 3 rings (SSSR count). The van der Waals surface area contributed by atoms with Crippen molar-refractivity contribution in [2.75, 3.05) is 0 Å². The zero-order valence-electron chi connectivity index (χ0n) is 18.3. The summed E-state index contributed by atoms with van der Waals surface area (Å²) in [6, 6.07) is 7.63. The Hall–Kier alpha value is -0.780. The van der Waals surface area contributed by atoms with Gasteiger partial charge >= 0.3 is 0 Å². The Morgan fingerprint density at radius 1 is 0.704 bits per heavy atom. The van der Waals surface area contributed by atoms with Gasteiger partial charge in [-0.1, -0.05) is 89.8 Å². The molecule has 1 aromatic carbocycles. The lowest BCUT2D eigenvalue weighted by molar-refractivity contribution is 0.304. The molecule has 152 valence electrons. The maximum absolute atomic E-state index is 2.61. The lowest BCUT2D eigenvalue weighted by atomic mass is 9.75. The van der Waals surface area contributed by atoms with Gasteiger partial charge < -0.3 is 0 Å². The van der Waals surface area contributed by atoms with Gasteiger partial charge in [0.05, 0.1) is 0 Å². The highest BCUT2D eigenvalue weighted by atomic mass is 14.3. The first-order chi connectivity index (χ1) is 13.3. The summed E-state index contributed by atoms with van der Waals surface area (Å²) in [6.07, 6.45) is 22.9. The smallest absolute Gasteiger partial charge is 0.0162 e. The predicted octanol–water partition coefficient (Wildman–Crippen LogP) is 8.62. The van der Waals surface area contributed by atoms with Gasteiger partial charge in [-0.05, 0) is 79.4 Å². The average Bonchev–Trinajstić information content (AvgIpc) is 2.72. The molecule has 0 aromatic heterocycles. The lowest BCUT2D eigenvalue weighted by Crippen LogP contribution is -2.16. The first kappa shape index (κ1) is 20.9. The summed E-state index contributed by atoms with van der Waals surface area (Å²) in [5.74, 6) is 2.83. The summed E-state index contributed by atoms with van der Waals surface area (Å²) in [6.45, 7) is 4.64. The first-order valence-corrected chi connectivity index (χ1v) is 12.4. The van der Waals surface area contributed by atoms with Gasteiger partial charge in [0.1, 0.15) is 0 Å². The molecular formula is C27H44. The van der Waals surface area contributed by atoms with Crippen LogP contribution in [0.2, 0.25) is 0 Å². The van der Waals surface area contributed by atoms with E-state index >= 15 is 0 Å². The van der Waals surface area contributed by atoms with Crippen LogP contribution in [0.15, 0.2) is 18.2 Å². The third-order valence-electron chi connectivity index (χ3n) is 7.56. The topological polar surface area (TPSA) is 0 Å². The van der Waals surface area contributed by atoms with Gasteiger partial charge in [-0.15, -0.1) is 0 Å². The average molecular weight is 369 g/mol. The van der Waals surface area contributed by atoms with Crippen LogP contribution in [0.3, 0.4) is 0 Å². The molecule has 0 saturated heterocycles. The van der Waals surface area contributed by atoms with E-state index < -0.39 is 0 Å². The molecule has 0 nitrogen and oxygen atoms in total. The molecule has 0 heteroatoms. The third kappa shape index (κ3) is 6.37. The predicted molar refractivity (Wildman–Crippen MR) is 120 cm³/mol. The number of benzene rings is 1. The van der Waals surface area contributed by atoms with E-state index in [4.69, 9.17) is 0 Å². The van der Waals surface area contributed by atoms with Gasteiger partial charge in [0.2, 0.25) is 0 Å². The number of aryl methyl sites for hydroxylation is 1. The van der Waals surface area contributed by atoms with Crippen molar-refractivity contribution >= 4 is 0 Å². The van der Waals surface area contributed by atoms with Crippen LogP contribution in [0, 0.1) is 11.8 Å². The number of rotatable bonds is 10. The van der Waals surface area contributed by atoms with Gasteiger partial charge in [0.25, 0.3) is 0 Å². The second-order valence-corrected chi connectivity index (χ2v) is 9.70. The Kier molecular flexibility index (Phi) is 8.75. The highest BCUT2D eigenvalue weighted by molar-refractivity contribution is 5.36. The minimum absolute atomic E-state index is 0.851. The van der Waals surface area contributed by atoms with Crippen molar-refractivity contribution < 1.29 is 0 Å². The molecule has 1 atom stereocenters. The minimum atomic E-state index is 0.851. The zero-order valence-corrected chi connectivity index (χ0v) is 18.3. The van der Waals surface area contributed by atoms with E-state index in [0.717, 1.165) is 17.8 Å². The van der Waals surface area contributed by atoms with Crippen molar-refractivity contribution in [3.8, 4) is 0 Å². The first-order valence-electron chi connectivity index (χ1n) is 12.4. The Labute approximate surface area is 169 Å². The standard InChI is InChI=1S/C27H44/c1-3-5-7-8-9-11-23-14-17-27-21-26(19-18-25(27)20-23)24-15-12-22(13-16-24)10-6-4-2/h18-19,21-24H,3-17,20H2,1-2H3/t22-,23?,24-. The van der Waals surface area contributed by atoms with E-state index in [1.807, 2.05) is 0 Å². The van der Waals surface area contributed by atoms with E-state index in [1.54, 1.807) is 16.7 Å². The van der Waals surface area contributed by atoms with Crippen LogP contribution in [-0.4, -0.2) is 0 Å². The molecule has 0 aliphatic heterocycles. The molecule has 27 heavy (non-hydrogen) atoms. The second-order valence-electron chi connectivity index (χ2n) is 9.70. The SMILES string of the molecule is CCCCCCCC1CCc2cc([C@H]3CC[C@H](CCCC)CC3)ccc2C1. The zero-order chi connectivity index (χ0) is 18.9. The third-order valence-corrected chi connectivity index (χ3v) is 7.56. The molecule has 1 aromatic rings. The largest absolute Gasteiger partial charge is 0.0654 e. The fourth-order valence-corrected chi connectivity index (χ4v) is 5.66. The van der Waals surface area contributed by atoms with Gasteiger partial charge in [-0.2, -0.15) is 0 Å². The van der Waals surface area contributed by atoms with E-state index in [2.05, 4.69) is 32.0 Å². The van der Waals surface area contributed by atoms with Gasteiger partial charge in [-0.3, -0.25) is 0 Å². The maximum atomic E-state index is 2.61. The number of unbranched alkanes of at least 4 members (excludes halogenated alkanes) is 5. The molecule has 1 saturated carbocycles. The fraction of sp³-hybridized carbons (Fsp3) is 0.778. The van der Waals surface area contributed by atoms with Crippen molar-refractivity contribution in [1.82, 2.24) is 0 Å². The minimum Gasteiger partial charge on any atom is -0.0654 e. The molecule has 2 aliphatic carbocycles. The lowest BCUT2D eigenvalue weighted by Gasteiger charge is -2.30. The second kappa shape index (κ2) is 11.3. The van der Waals surface area contributed by atoms with E-state index in [-0.39, 0.29) is 0 Å². The molecule has 0 bridgehead atoms. The Morgan fingerprint density at radius 2 is 1.44 bits per heavy atom. The maximum Gasteiger partial charge on any atom is -0.0162 e. The monoisotopic (exact) mass is 368 g/mol. The van der Waals surface area contributed by atoms with Crippen LogP contribution in [0.1, 0.15) is 126 Å². The molecule has 1 fully saturated rings. The summed E-state index contributed by atoms with van der Waals surface area (Å²) < 4.78 is 0. The normalized spacial score (nSPS) is 25.3. The van der Waals surface area contributed by atoms with Crippen LogP contribution in [0.5, 0.6) is 0 Å². The molecule has 0 N–H and O–H groups in total. The highest BCUT2D eigenvalue weighted by Gasteiger charge is 2.24. The summed E-state index contributed by atoms with van der Waals surface area (Å²) >= 11 is 0. The van der Waals surface area contributed by atoms with Crippen molar-refractivity contribution in [3.05, 3.63) is 34.9 Å². The van der Waals surface area contributed by atoms with E-state index in [9.17, 15) is 0 Å². The fourth-order valence-electron chi connectivity index (χ4n) is 5.66. The molecular weight excluding hydrogens is 324 g/mol. The van der Waals surface area contributed by atoms with Crippen molar-refractivity contribution in [1.29, 1.82) is 0 Å². The molecule has 0 radical (unpaired) electrons. The van der Waals surface area contributed by atoms with Crippen molar-refractivity contribution in [2.45, 2.75) is 122 Å². The summed E-state index contributed by atoms with van der Waals surface area (Å²) in [5.41, 5.74) is 5.05. The molecule has 0 heterocycles. The van der Waals surface area contributed by atoms with Crippen LogP contribution < -0.4 is 0 Å². The summed E-state index contributed by atoms with van der Waals surface area (Å²) in [4.78, 5) is 0. The number of fused-ring (bicyclic) bond motifs is 1. The highest BCUT2D eigenvalue weighted by Crippen LogP contribution is 2.39.